The van der Waals surface area contributed by atoms with Crippen molar-refractivity contribution in [2.45, 2.75) is 25.3 Å². The number of hydrogen-bond donors (Lipinski definition) is 1. The number of halogens is 1. The molecule has 0 aromatic heterocycles. The van der Waals surface area contributed by atoms with E-state index in [1.54, 1.807) is 4.90 Å². The summed E-state index contributed by atoms with van der Waals surface area (Å²) in [6.45, 7) is 1.94. The van der Waals surface area contributed by atoms with Crippen LogP contribution in [0.5, 0.6) is 5.75 Å². The molecule has 6 nitrogen and oxygen atoms in total. The zero-order valence-corrected chi connectivity index (χ0v) is 19.6. The molecule has 3 rings (SSSR count). The van der Waals surface area contributed by atoms with Crippen molar-refractivity contribution in [2.75, 3.05) is 40.3 Å². The fourth-order valence-electron chi connectivity index (χ4n) is 4.01. The number of benzene rings is 2. The molecule has 0 spiro atoms. The van der Waals surface area contributed by atoms with Crippen molar-refractivity contribution in [2.24, 2.45) is 5.92 Å². The monoisotopic (exact) mass is 457 g/mol. The van der Waals surface area contributed by atoms with Crippen LogP contribution in [0.15, 0.2) is 54.6 Å². The minimum Gasteiger partial charge on any atom is -0.493 e. The number of piperidine rings is 1. The van der Waals surface area contributed by atoms with Gasteiger partial charge in [0.25, 0.3) is 0 Å². The van der Waals surface area contributed by atoms with Gasteiger partial charge in [0.2, 0.25) is 11.8 Å². The molecule has 7 heteroatoms. The van der Waals surface area contributed by atoms with Crippen LogP contribution in [0.1, 0.15) is 30.9 Å². The summed E-state index contributed by atoms with van der Waals surface area (Å²) in [5, 5.41) is 3.77. The van der Waals surface area contributed by atoms with Gasteiger partial charge in [0, 0.05) is 24.7 Å². The third-order valence-corrected chi connectivity index (χ3v) is 6.17. The Labute approximate surface area is 195 Å². The summed E-state index contributed by atoms with van der Waals surface area (Å²) in [5.41, 5.74) is 0.985. The first-order valence-electron chi connectivity index (χ1n) is 11.1. The number of likely N-dealkylation sites (N-methyl/N-ethyl adjacent to an activating group) is 1. The molecule has 2 unspecified atom stereocenters. The van der Waals surface area contributed by atoms with E-state index in [0.29, 0.717) is 37.7 Å². The average molecular weight is 458 g/mol. The number of likely N-dealkylation sites (tertiary alicyclic amines) is 1. The molecule has 2 amide bonds. The molecule has 1 saturated heterocycles. The number of para-hydroxylation sites is 1. The highest BCUT2D eigenvalue weighted by atomic mass is 35.5. The van der Waals surface area contributed by atoms with Gasteiger partial charge in [0.05, 0.1) is 25.0 Å². The summed E-state index contributed by atoms with van der Waals surface area (Å²) in [5.74, 6) is 0.574. The van der Waals surface area contributed by atoms with E-state index in [-0.39, 0.29) is 23.8 Å². The lowest BCUT2D eigenvalue weighted by Crippen LogP contribution is -2.46. The first kappa shape index (κ1) is 24.1. The summed E-state index contributed by atoms with van der Waals surface area (Å²) in [6.07, 6.45) is 1.91. The smallest absolute Gasteiger partial charge is 0.226 e. The summed E-state index contributed by atoms with van der Waals surface area (Å²) in [7, 11) is 3.94. The molecule has 1 heterocycles. The van der Waals surface area contributed by atoms with E-state index in [9.17, 15) is 9.59 Å². The predicted octanol–water partition coefficient (Wildman–Crippen LogP) is 3.77. The number of nitrogens with zero attached hydrogens (tertiary/aromatic N) is 2. The van der Waals surface area contributed by atoms with Crippen LogP contribution in [0.3, 0.4) is 0 Å². The Morgan fingerprint density at radius 2 is 1.88 bits per heavy atom. The Kier molecular flexibility index (Phi) is 8.94. The van der Waals surface area contributed by atoms with Gasteiger partial charge in [-0.15, -0.1) is 0 Å². The van der Waals surface area contributed by atoms with Crippen molar-refractivity contribution in [3.05, 3.63) is 65.2 Å². The molecule has 1 aliphatic heterocycles. The molecule has 0 bridgehead atoms. The van der Waals surface area contributed by atoms with Gasteiger partial charge in [-0.05, 0) is 50.7 Å². The number of amides is 2. The number of rotatable bonds is 9. The minimum atomic E-state index is -0.197. The Morgan fingerprint density at radius 3 is 2.59 bits per heavy atom. The molecular formula is C25H32ClN3O3. The molecule has 2 aromatic rings. The molecule has 0 radical (unpaired) electrons. The SMILES string of the molecule is CN(C)C(CNC(=O)C1CCCN(C(=O)CCOc2ccccc2)C1)c1ccccc1Cl. The number of carbonyl (C=O) groups is 2. The van der Waals surface area contributed by atoms with Crippen LogP contribution in [0, 0.1) is 5.92 Å². The first-order valence-corrected chi connectivity index (χ1v) is 11.5. The van der Waals surface area contributed by atoms with Crippen molar-refractivity contribution < 1.29 is 14.3 Å². The zero-order chi connectivity index (χ0) is 22.9. The zero-order valence-electron chi connectivity index (χ0n) is 18.8. The van der Waals surface area contributed by atoms with Gasteiger partial charge >= 0.3 is 0 Å². The van der Waals surface area contributed by atoms with Crippen LogP contribution >= 0.6 is 11.6 Å². The molecule has 1 N–H and O–H groups in total. The molecule has 2 atom stereocenters. The lowest BCUT2D eigenvalue weighted by atomic mass is 9.96. The Balaban J connectivity index is 1.49. The van der Waals surface area contributed by atoms with E-state index in [2.05, 4.69) is 5.32 Å². The van der Waals surface area contributed by atoms with Crippen LogP contribution in [0.4, 0.5) is 0 Å². The molecule has 2 aromatic carbocycles. The van der Waals surface area contributed by atoms with E-state index < -0.39 is 0 Å². The average Bonchev–Trinajstić information content (AvgIpc) is 2.80. The van der Waals surface area contributed by atoms with Crippen LogP contribution in [0.2, 0.25) is 5.02 Å². The second-order valence-corrected chi connectivity index (χ2v) is 8.74. The van der Waals surface area contributed by atoms with Gasteiger partial charge in [-0.3, -0.25) is 9.59 Å². The first-order chi connectivity index (χ1) is 15.5. The van der Waals surface area contributed by atoms with Gasteiger partial charge < -0.3 is 19.9 Å². The van der Waals surface area contributed by atoms with Crippen LogP contribution in [-0.2, 0) is 9.59 Å². The highest BCUT2D eigenvalue weighted by Crippen LogP contribution is 2.26. The van der Waals surface area contributed by atoms with Gasteiger partial charge in [-0.1, -0.05) is 48.0 Å². The largest absolute Gasteiger partial charge is 0.493 e. The number of hydrogen-bond acceptors (Lipinski definition) is 4. The van der Waals surface area contributed by atoms with Gasteiger partial charge in [-0.2, -0.15) is 0 Å². The molecule has 0 saturated carbocycles. The van der Waals surface area contributed by atoms with Gasteiger partial charge in [0.1, 0.15) is 5.75 Å². The lowest BCUT2D eigenvalue weighted by Gasteiger charge is -2.33. The standard InChI is InChI=1S/C25H32ClN3O3/c1-28(2)23(21-12-6-7-13-22(21)26)17-27-25(31)19-9-8-15-29(18-19)24(30)14-16-32-20-10-4-3-5-11-20/h3-7,10-13,19,23H,8-9,14-18H2,1-2H3,(H,27,31). The highest BCUT2D eigenvalue weighted by molar-refractivity contribution is 6.31. The number of carbonyl (C=O) groups excluding carboxylic acids is 2. The second-order valence-electron chi connectivity index (χ2n) is 8.34. The van der Waals surface area contributed by atoms with Crippen LogP contribution < -0.4 is 10.1 Å². The minimum absolute atomic E-state index is 0.0121. The fraction of sp³-hybridized carbons (Fsp3) is 0.440. The molecule has 1 aliphatic rings. The molecular weight excluding hydrogens is 426 g/mol. The van der Waals surface area contributed by atoms with Crippen molar-refractivity contribution in [3.8, 4) is 5.75 Å². The summed E-state index contributed by atoms with van der Waals surface area (Å²) in [4.78, 5) is 29.3. The summed E-state index contributed by atoms with van der Waals surface area (Å²) in [6, 6.07) is 17.1. The summed E-state index contributed by atoms with van der Waals surface area (Å²) >= 11 is 6.37. The number of nitrogens with one attached hydrogen (secondary N) is 1. The maximum atomic E-state index is 12.9. The molecule has 172 valence electrons. The van der Waals surface area contributed by atoms with Crippen molar-refractivity contribution in [1.29, 1.82) is 0 Å². The van der Waals surface area contributed by atoms with E-state index in [1.807, 2.05) is 73.6 Å². The Bertz CT molecular complexity index is 891. The fourth-order valence-corrected chi connectivity index (χ4v) is 4.27. The topological polar surface area (TPSA) is 61.9 Å². The second kappa shape index (κ2) is 11.9. The third kappa shape index (κ3) is 6.71. The van der Waals surface area contributed by atoms with E-state index in [4.69, 9.17) is 16.3 Å². The van der Waals surface area contributed by atoms with E-state index >= 15 is 0 Å². The van der Waals surface area contributed by atoms with Crippen LogP contribution in [0.25, 0.3) is 0 Å². The molecule has 0 aliphatic carbocycles. The van der Waals surface area contributed by atoms with Crippen molar-refractivity contribution >= 4 is 23.4 Å². The van der Waals surface area contributed by atoms with Gasteiger partial charge in [-0.25, -0.2) is 0 Å². The van der Waals surface area contributed by atoms with E-state index in [0.717, 1.165) is 24.2 Å². The van der Waals surface area contributed by atoms with Crippen molar-refractivity contribution in [1.82, 2.24) is 15.1 Å². The molecule has 1 fully saturated rings. The normalized spacial score (nSPS) is 17.1. The lowest BCUT2D eigenvalue weighted by molar-refractivity contribution is -0.136. The maximum absolute atomic E-state index is 12.9. The Hall–Kier alpha value is -2.57. The quantitative estimate of drug-likeness (QED) is 0.622. The highest BCUT2D eigenvalue weighted by Gasteiger charge is 2.29. The Morgan fingerprint density at radius 1 is 1.16 bits per heavy atom. The predicted molar refractivity (Wildman–Crippen MR) is 127 cm³/mol. The summed E-state index contributed by atoms with van der Waals surface area (Å²) < 4.78 is 5.64. The van der Waals surface area contributed by atoms with Gasteiger partial charge in [0.15, 0.2) is 0 Å². The van der Waals surface area contributed by atoms with E-state index in [1.165, 1.54) is 0 Å². The van der Waals surface area contributed by atoms with Crippen LogP contribution in [-0.4, -0.2) is 62.0 Å². The number of ether oxygens (including phenoxy) is 1. The third-order valence-electron chi connectivity index (χ3n) is 5.83. The molecule has 32 heavy (non-hydrogen) atoms. The maximum Gasteiger partial charge on any atom is 0.226 e. The van der Waals surface area contributed by atoms with Crippen molar-refractivity contribution in [3.63, 3.8) is 0 Å².